The van der Waals surface area contributed by atoms with Crippen molar-refractivity contribution in [1.29, 1.82) is 0 Å². The number of para-hydroxylation sites is 1. The number of benzene rings is 2. The van der Waals surface area contributed by atoms with Crippen molar-refractivity contribution in [3.05, 3.63) is 63.2 Å². The summed E-state index contributed by atoms with van der Waals surface area (Å²) in [5.41, 5.74) is 0.935. The van der Waals surface area contributed by atoms with Crippen molar-refractivity contribution >= 4 is 34.5 Å². The molecular weight excluding hydrogens is 381 g/mol. The Bertz CT molecular complexity index is 668. The van der Waals surface area contributed by atoms with Gasteiger partial charge in [0, 0.05) is 19.7 Å². The zero-order chi connectivity index (χ0) is 15.4. The number of nitrogens with zero attached hydrogens (tertiary/aromatic N) is 1. The molecule has 0 unspecified atom stereocenters. The molecule has 5 heteroatoms. The van der Waals surface area contributed by atoms with Crippen molar-refractivity contribution < 1.29 is 14.3 Å². The van der Waals surface area contributed by atoms with Gasteiger partial charge in [-0.3, -0.25) is 4.79 Å². The lowest BCUT2D eigenvalue weighted by Gasteiger charge is -2.14. The van der Waals surface area contributed by atoms with Crippen LogP contribution in [0, 0.1) is 3.57 Å². The lowest BCUT2D eigenvalue weighted by atomic mass is 10.0. The number of ether oxygens (including phenoxy) is 1. The predicted octanol–water partition coefficient (Wildman–Crippen LogP) is 3.58. The first kappa shape index (κ1) is 15.5. The first-order valence-corrected chi connectivity index (χ1v) is 7.36. The number of amides is 1. The van der Waals surface area contributed by atoms with E-state index in [-0.39, 0.29) is 5.78 Å². The molecule has 0 saturated carbocycles. The van der Waals surface area contributed by atoms with Crippen molar-refractivity contribution in [1.82, 2.24) is 4.90 Å². The van der Waals surface area contributed by atoms with Gasteiger partial charge in [-0.1, -0.05) is 36.4 Å². The van der Waals surface area contributed by atoms with Crippen molar-refractivity contribution in [3.63, 3.8) is 0 Å². The molecule has 0 bridgehead atoms. The molecule has 0 aromatic heterocycles. The van der Waals surface area contributed by atoms with Crippen LogP contribution >= 0.6 is 22.6 Å². The highest BCUT2D eigenvalue weighted by atomic mass is 127. The van der Waals surface area contributed by atoms with Gasteiger partial charge < -0.3 is 9.64 Å². The van der Waals surface area contributed by atoms with Crippen molar-refractivity contribution in [2.45, 2.75) is 0 Å². The molecule has 21 heavy (non-hydrogen) atoms. The molecule has 0 aliphatic heterocycles. The smallest absolute Gasteiger partial charge is 0.408 e. The highest BCUT2D eigenvalue weighted by molar-refractivity contribution is 14.1. The van der Waals surface area contributed by atoms with Crippen LogP contribution in [0.5, 0.6) is 5.75 Å². The van der Waals surface area contributed by atoms with Crippen LogP contribution < -0.4 is 4.74 Å². The normalized spacial score (nSPS) is 10.0. The average Bonchev–Trinajstić information content (AvgIpc) is 2.49. The summed E-state index contributed by atoms with van der Waals surface area (Å²) in [6, 6.07) is 14.1. The summed E-state index contributed by atoms with van der Waals surface area (Å²) in [6.07, 6.45) is -0.513. The van der Waals surface area contributed by atoms with Crippen LogP contribution in [0.3, 0.4) is 0 Å². The fraction of sp³-hybridized carbons (Fsp3) is 0.125. The maximum atomic E-state index is 12.6. The monoisotopic (exact) mass is 395 g/mol. The molecule has 1 amide bonds. The van der Waals surface area contributed by atoms with Crippen LogP contribution in [0.4, 0.5) is 4.79 Å². The third-order valence-electron chi connectivity index (χ3n) is 2.80. The van der Waals surface area contributed by atoms with Crippen molar-refractivity contribution in [2.75, 3.05) is 14.1 Å². The van der Waals surface area contributed by atoms with Gasteiger partial charge in [-0.25, -0.2) is 4.79 Å². The summed E-state index contributed by atoms with van der Waals surface area (Å²) in [6.45, 7) is 0. The number of rotatable bonds is 3. The molecule has 0 aliphatic rings. The first-order chi connectivity index (χ1) is 10.0. The lowest BCUT2D eigenvalue weighted by Crippen LogP contribution is -2.26. The number of ketones is 1. The van der Waals surface area contributed by atoms with Gasteiger partial charge in [-0.05, 0) is 34.7 Å². The molecule has 0 fully saturated rings. The Morgan fingerprint density at radius 2 is 1.67 bits per heavy atom. The molecule has 4 nitrogen and oxygen atoms in total. The zero-order valence-electron chi connectivity index (χ0n) is 11.7. The van der Waals surface area contributed by atoms with E-state index in [4.69, 9.17) is 4.74 Å². The van der Waals surface area contributed by atoms with E-state index in [9.17, 15) is 9.59 Å². The van der Waals surface area contributed by atoms with Gasteiger partial charge in [0.25, 0.3) is 0 Å². The Kier molecular flexibility index (Phi) is 4.95. The van der Waals surface area contributed by atoms with Crippen LogP contribution in [-0.2, 0) is 0 Å². The largest absolute Gasteiger partial charge is 0.414 e. The number of carbonyl (C=O) groups excluding carboxylic acids is 2. The van der Waals surface area contributed by atoms with Gasteiger partial charge in [0.15, 0.2) is 11.5 Å². The Balaban J connectivity index is 2.42. The molecule has 2 aromatic rings. The highest BCUT2D eigenvalue weighted by Crippen LogP contribution is 2.28. The Morgan fingerprint density at radius 1 is 1.00 bits per heavy atom. The highest BCUT2D eigenvalue weighted by Gasteiger charge is 2.19. The van der Waals surface area contributed by atoms with Crippen molar-refractivity contribution in [2.24, 2.45) is 0 Å². The van der Waals surface area contributed by atoms with Crippen LogP contribution in [0.25, 0.3) is 0 Å². The number of halogens is 1. The molecule has 0 heterocycles. The minimum absolute atomic E-state index is 0.171. The van der Waals surface area contributed by atoms with E-state index in [0.717, 1.165) is 0 Å². The minimum Gasteiger partial charge on any atom is -0.408 e. The molecule has 0 atom stereocenters. The lowest BCUT2D eigenvalue weighted by molar-refractivity contribution is 0.103. The van der Waals surface area contributed by atoms with E-state index in [2.05, 4.69) is 0 Å². The molecule has 0 radical (unpaired) electrons. The van der Waals surface area contributed by atoms with E-state index in [0.29, 0.717) is 20.4 Å². The van der Waals surface area contributed by atoms with Crippen molar-refractivity contribution in [3.8, 4) is 5.75 Å². The summed E-state index contributed by atoms with van der Waals surface area (Å²) in [4.78, 5) is 25.6. The Morgan fingerprint density at radius 3 is 2.29 bits per heavy atom. The second-order valence-electron chi connectivity index (χ2n) is 4.57. The van der Waals surface area contributed by atoms with Crippen LogP contribution in [0.2, 0.25) is 0 Å². The van der Waals surface area contributed by atoms with E-state index < -0.39 is 6.09 Å². The molecule has 0 N–H and O–H groups in total. The molecule has 108 valence electrons. The Hall–Kier alpha value is -1.89. The Labute approximate surface area is 136 Å². The second-order valence-corrected chi connectivity index (χ2v) is 5.74. The fourth-order valence-electron chi connectivity index (χ4n) is 1.72. The van der Waals surface area contributed by atoms with Gasteiger partial charge in [0.2, 0.25) is 0 Å². The molecule has 2 aromatic carbocycles. The van der Waals surface area contributed by atoms with E-state index in [1.165, 1.54) is 4.90 Å². The first-order valence-electron chi connectivity index (χ1n) is 6.28. The molecule has 2 rings (SSSR count). The van der Waals surface area contributed by atoms with E-state index in [1.807, 2.05) is 28.7 Å². The topological polar surface area (TPSA) is 46.6 Å². The van der Waals surface area contributed by atoms with E-state index >= 15 is 0 Å². The van der Waals surface area contributed by atoms with Gasteiger partial charge >= 0.3 is 6.09 Å². The van der Waals surface area contributed by atoms with E-state index in [1.54, 1.807) is 56.6 Å². The SMILES string of the molecule is CN(C)C(=O)Oc1c(I)cccc1C(=O)c1ccccc1. The fourth-order valence-corrected chi connectivity index (χ4v) is 2.32. The maximum absolute atomic E-state index is 12.6. The van der Waals surface area contributed by atoms with Gasteiger partial charge in [0.1, 0.15) is 0 Å². The van der Waals surface area contributed by atoms with Crippen LogP contribution in [0.15, 0.2) is 48.5 Å². The number of hydrogen-bond donors (Lipinski definition) is 0. The average molecular weight is 395 g/mol. The predicted molar refractivity (Wildman–Crippen MR) is 88.7 cm³/mol. The molecule has 0 aliphatic carbocycles. The van der Waals surface area contributed by atoms with Gasteiger partial charge in [-0.15, -0.1) is 0 Å². The third-order valence-corrected chi connectivity index (χ3v) is 3.65. The quantitative estimate of drug-likeness (QED) is 0.590. The summed E-state index contributed by atoms with van der Waals surface area (Å²) in [5, 5.41) is 0. The standard InChI is InChI=1S/C16H14INO3/c1-18(2)16(20)21-15-12(9-6-10-13(15)17)14(19)11-7-4-3-5-8-11/h3-10H,1-2H3. The summed E-state index contributed by atoms with van der Waals surface area (Å²) >= 11 is 2.05. The second kappa shape index (κ2) is 6.71. The van der Waals surface area contributed by atoms with Crippen LogP contribution in [-0.4, -0.2) is 30.9 Å². The van der Waals surface area contributed by atoms with Gasteiger partial charge in [-0.2, -0.15) is 0 Å². The third kappa shape index (κ3) is 3.60. The molecule has 0 saturated heterocycles. The number of carbonyl (C=O) groups is 2. The summed E-state index contributed by atoms with van der Waals surface area (Å²) < 4.78 is 6.05. The van der Waals surface area contributed by atoms with Crippen LogP contribution in [0.1, 0.15) is 15.9 Å². The summed E-state index contributed by atoms with van der Waals surface area (Å²) in [7, 11) is 3.19. The molecule has 0 spiro atoms. The molecular formula is C16H14INO3. The minimum atomic E-state index is -0.513. The zero-order valence-corrected chi connectivity index (χ0v) is 13.8. The maximum Gasteiger partial charge on any atom is 0.414 e. The number of hydrogen-bond acceptors (Lipinski definition) is 3. The van der Waals surface area contributed by atoms with Gasteiger partial charge in [0.05, 0.1) is 9.13 Å². The summed E-state index contributed by atoms with van der Waals surface area (Å²) in [5.74, 6) is 0.126.